The molecular weight excluding hydrogens is 368 g/mol. The average Bonchev–Trinajstić information content (AvgIpc) is 3.36. The molecule has 4 rings (SSSR count). The Labute approximate surface area is 168 Å². The van der Waals surface area contributed by atoms with Crippen molar-refractivity contribution >= 4 is 22.8 Å². The van der Waals surface area contributed by atoms with E-state index in [4.69, 9.17) is 15.3 Å². The molecule has 1 unspecified atom stereocenters. The van der Waals surface area contributed by atoms with Crippen molar-refractivity contribution in [1.82, 2.24) is 4.90 Å². The molecule has 0 aliphatic carbocycles. The Hall–Kier alpha value is -3.12. The highest BCUT2D eigenvalue weighted by atomic mass is 16.4. The van der Waals surface area contributed by atoms with E-state index in [-0.39, 0.29) is 24.8 Å². The summed E-state index contributed by atoms with van der Waals surface area (Å²) in [6.07, 6.45) is 3.48. The maximum absolute atomic E-state index is 12.9. The number of fused-ring (bicyclic) bond motifs is 1. The Morgan fingerprint density at radius 3 is 2.83 bits per heavy atom. The topological polar surface area (TPSA) is 96.8 Å². The molecule has 0 saturated carbocycles. The minimum atomic E-state index is -0.864. The number of benzene rings is 2. The first-order chi connectivity index (χ1) is 14.0. The summed E-state index contributed by atoms with van der Waals surface area (Å²) in [6, 6.07) is 13.6. The van der Waals surface area contributed by atoms with Crippen LogP contribution in [0.5, 0.6) is 0 Å². The van der Waals surface area contributed by atoms with Crippen LogP contribution in [0.1, 0.15) is 30.4 Å². The molecule has 1 atom stereocenters. The normalized spacial score (nSPS) is 16.4. The predicted molar refractivity (Wildman–Crippen MR) is 110 cm³/mol. The number of carboxylic acid groups (broad SMARTS) is 1. The molecule has 1 amide bonds. The molecule has 3 N–H and O–H groups in total. The van der Waals surface area contributed by atoms with Gasteiger partial charge in [-0.05, 0) is 53.8 Å². The van der Waals surface area contributed by atoms with Crippen LogP contribution in [-0.2, 0) is 22.6 Å². The number of carboxylic acids is 1. The first-order valence-corrected chi connectivity index (χ1v) is 9.86. The van der Waals surface area contributed by atoms with Crippen LogP contribution in [0.25, 0.3) is 22.1 Å². The molecule has 29 heavy (non-hydrogen) atoms. The Balaban J connectivity index is 1.64. The number of furan rings is 1. The molecule has 1 aliphatic rings. The highest BCUT2D eigenvalue weighted by Crippen LogP contribution is 2.32. The third kappa shape index (κ3) is 4.03. The fraction of sp³-hybridized carbons (Fsp3) is 0.304. The number of nitrogens with zero attached hydrogens (tertiary/aromatic N) is 1. The number of amides is 1. The van der Waals surface area contributed by atoms with Gasteiger partial charge in [-0.2, -0.15) is 0 Å². The summed E-state index contributed by atoms with van der Waals surface area (Å²) in [5.74, 6) is -0.894. The largest absolute Gasteiger partial charge is 0.481 e. The van der Waals surface area contributed by atoms with E-state index >= 15 is 0 Å². The van der Waals surface area contributed by atoms with E-state index in [2.05, 4.69) is 0 Å². The fourth-order valence-electron chi connectivity index (χ4n) is 4.18. The second kappa shape index (κ2) is 8.09. The lowest BCUT2D eigenvalue weighted by Gasteiger charge is -2.23. The molecule has 150 valence electrons. The van der Waals surface area contributed by atoms with E-state index in [0.29, 0.717) is 13.1 Å². The summed E-state index contributed by atoms with van der Waals surface area (Å²) in [5, 5.41) is 10.0. The fourth-order valence-corrected chi connectivity index (χ4v) is 4.18. The van der Waals surface area contributed by atoms with Crippen molar-refractivity contribution in [3.05, 3.63) is 59.9 Å². The van der Waals surface area contributed by atoms with Gasteiger partial charge in [0.15, 0.2) is 0 Å². The second-order valence-electron chi connectivity index (χ2n) is 7.54. The Morgan fingerprint density at radius 2 is 2.03 bits per heavy atom. The lowest BCUT2D eigenvalue weighted by atomic mass is 9.97. The minimum Gasteiger partial charge on any atom is -0.481 e. The number of hydrogen-bond acceptors (Lipinski definition) is 4. The van der Waals surface area contributed by atoms with E-state index in [1.807, 2.05) is 42.5 Å². The molecule has 6 nitrogen and oxygen atoms in total. The zero-order valence-electron chi connectivity index (χ0n) is 16.1. The van der Waals surface area contributed by atoms with Crippen molar-refractivity contribution < 1.29 is 19.1 Å². The van der Waals surface area contributed by atoms with Crippen LogP contribution in [-0.4, -0.2) is 34.5 Å². The van der Waals surface area contributed by atoms with Gasteiger partial charge < -0.3 is 20.2 Å². The smallest absolute Gasteiger partial charge is 0.305 e. The quantitative estimate of drug-likeness (QED) is 0.668. The number of likely N-dealkylation sites (tertiary alicyclic amines) is 1. The first-order valence-electron chi connectivity index (χ1n) is 9.86. The Kier molecular flexibility index (Phi) is 5.36. The third-order valence-corrected chi connectivity index (χ3v) is 5.55. The van der Waals surface area contributed by atoms with Crippen molar-refractivity contribution in [2.75, 3.05) is 6.54 Å². The van der Waals surface area contributed by atoms with Crippen molar-refractivity contribution in [2.45, 2.75) is 38.3 Å². The van der Waals surface area contributed by atoms with Crippen LogP contribution < -0.4 is 5.73 Å². The van der Waals surface area contributed by atoms with Crippen molar-refractivity contribution in [1.29, 1.82) is 0 Å². The summed E-state index contributed by atoms with van der Waals surface area (Å²) in [5.41, 5.74) is 10.4. The summed E-state index contributed by atoms with van der Waals surface area (Å²) in [6.45, 7) is 1.07. The van der Waals surface area contributed by atoms with Crippen LogP contribution >= 0.6 is 0 Å². The van der Waals surface area contributed by atoms with Crippen molar-refractivity contribution in [3.8, 4) is 11.1 Å². The molecule has 1 saturated heterocycles. The van der Waals surface area contributed by atoms with Crippen LogP contribution in [0, 0.1) is 0 Å². The highest BCUT2D eigenvalue weighted by Gasteiger charge is 2.30. The van der Waals surface area contributed by atoms with Crippen LogP contribution in [0.4, 0.5) is 0 Å². The predicted octanol–water partition coefficient (Wildman–Crippen LogP) is 3.57. The van der Waals surface area contributed by atoms with E-state index in [0.717, 1.165) is 46.1 Å². The number of nitrogens with two attached hydrogens (primary N) is 1. The molecule has 0 bridgehead atoms. The molecule has 0 spiro atoms. The molecular formula is C23H24N2O4. The van der Waals surface area contributed by atoms with Gasteiger partial charge in [0.2, 0.25) is 5.91 Å². The van der Waals surface area contributed by atoms with Gasteiger partial charge in [0, 0.05) is 30.1 Å². The molecule has 2 heterocycles. The summed E-state index contributed by atoms with van der Waals surface area (Å²) < 4.78 is 5.71. The van der Waals surface area contributed by atoms with Gasteiger partial charge in [-0.3, -0.25) is 9.59 Å². The summed E-state index contributed by atoms with van der Waals surface area (Å²) in [4.78, 5) is 25.7. The lowest BCUT2D eigenvalue weighted by molar-refractivity contribution is -0.139. The Bertz CT molecular complexity index is 1060. The van der Waals surface area contributed by atoms with E-state index in [1.54, 1.807) is 11.2 Å². The van der Waals surface area contributed by atoms with Gasteiger partial charge in [-0.15, -0.1) is 0 Å². The standard InChI is InChI=1S/C23H24N2O4/c24-14-15-3-1-4-17(9-15)20-11-16(10-18-6-8-29-23(18)20)12-21(26)25-7-2-5-19(25)13-22(27)28/h1,3-4,6,8-11,19H,2,5,7,12-14,24H2,(H,27,28). The molecule has 3 aromatic rings. The van der Waals surface area contributed by atoms with E-state index < -0.39 is 5.97 Å². The maximum atomic E-state index is 12.9. The molecule has 1 aliphatic heterocycles. The van der Waals surface area contributed by atoms with Gasteiger partial charge >= 0.3 is 5.97 Å². The number of carbonyl (C=O) groups is 2. The zero-order valence-corrected chi connectivity index (χ0v) is 16.1. The molecule has 6 heteroatoms. The van der Waals surface area contributed by atoms with Crippen LogP contribution in [0.2, 0.25) is 0 Å². The second-order valence-corrected chi connectivity index (χ2v) is 7.54. The highest BCUT2D eigenvalue weighted by molar-refractivity contribution is 5.94. The number of rotatable bonds is 6. The molecule has 1 aromatic heterocycles. The van der Waals surface area contributed by atoms with Crippen molar-refractivity contribution in [2.24, 2.45) is 5.73 Å². The van der Waals surface area contributed by atoms with Crippen LogP contribution in [0.3, 0.4) is 0 Å². The maximum Gasteiger partial charge on any atom is 0.305 e. The first kappa shape index (κ1) is 19.2. The average molecular weight is 392 g/mol. The third-order valence-electron chi connectivity index (χ3n) is 5.55. The molecule has 1 fully saturated rings. The van der Waals surface area contributed by atoms with Gasteiger partial charge in [0.05, 0.1) is 19.1 Å². The van der Waals surface area contributed by atoms with Gasteiger partial charge in [-0.1, -0.05) is 18.2 Å². The summed E-state index contributed by atoms with van der Waals surface area (Å²) >= 11 is 0. The van der Waals surface area contributed by atoms with Crippen LogP contribution in [0.15, 0.2) is 53.1 Å². The van der Waals surface area contributed by atoms with Crippen molar-refractivity contribution in [3.63, 3.8) is 0 Å². The monoisotopic (exact) mass is 392 g/mol. The van der Waals surface area contributed by atoms with Gasteiger partial charge in [0.25, 0.3) is 0 Å². The number of carbonyl (C=O) groups excluding carboxylic acids is 1. The van der Waals surface area contributed by atoms with Gasteiger partial charge in [0.1, 0.15) is 5.58 Å². The zero-order chi connectivity index (χ0) is 20.4. The number of aliphatic carboxylic acids is 1. The molecule has 0 radical (unpaired) electrons. The number of hydrogen-bond donors (Lipinski definition) is 2. The lowest BCUT2D eigenvalue weighted by Crippen LogP contribution is -2.37. The minimum absolute atomic E-state index is 0.00361. The van der Waals surface area contributed by atoms with E-state index in [1.165, 1.54) is 0 Å². The molecule has 2 aromatic carbocycles. The van der Waals surface area contributed by atoms with Gasteiger partial charge in [-0.25, -0.2) is 0 Å². The Morgan fingerprint density at radius 1 is 1.17 bits per heavy atom. The SMILES string of the molecule is NCc1cccc(-c2cc(CC(=O)N3CCCC3CC(=O)O)cc3ccoc23)c1. The summed E-state index contributed by atoms with van der Waals surface area (Å²) in [7, 11) is 0. The van der Waals surface area contributed by atoms with E-state index in [9.17, 15) is 9.59 Å².